The predicted molar refractivity (Wildman–Crippen MR) is 113 cm³/mol. The van der Waals surface area contributed by atoms with Crippen molar-refractivity contribution in [1.29, 1.82) is 0 Å². The molecule has 3 aromatic rings. The van der Waals surface area contributed by atoms with Gasteiger partial charge < -0.3 is 15.4 Å². The van der Waals surface area contributed by atoms with Crippen molar-refractivity contribution in [2.45, 2.75) is 44.6 Å². The third-order valence-corrected chi connectivity index (χ3v) is 5.96. The monoisotopic (exact) mass is 414 g/mol. The van der Waals surface area contributed by atoms with Crippen LogP contribution in [0.25, 0.3) is 10.2 Å². The second-order valence-corrected chi connectivity index (χ2v) is 8.02. The molecule has 1 aliphatic carbocycles. The molecule has 2 heterocycles. The zero-order valence-corrected chi connectivity index (χ0v) is 16.9. The number of aromatic nitrogens is 3. The highest BCUT2D eigenvalue weighted by Crippen LogP contribution is 2.35. The van der Waals surface area contributed by atoms with Gasteiger partial charge in [-0.3, -0.25) is 10.1 Å². The van der Waals surface area contributed by atoms with Crippen molar-refractivity contribution in [3.8, 4) is 5.75 Å². The topological polar surface area (TPSA) is 115 Å². The van der Waals surface area contributed by atoms with Crippen molar-refractivity contribution < 1.29 is 9.66 Å². The normalized spacial score (nSPS) is 15.1. The highest BCUT2D eigenvalue weighted by Gasteiger charge is 2.26. The molecule has 0 bridgehead atoms. The Morgan fingerprint density at radius 3 is 2.66 bits per heavy atom. The van der Waals surface area contributed by atoms with Crippen LogP contribution in [-0.2, 0) is 0 Å². The lowest BCUT2D eigenvalue weighted by molar-refractivity contribution is -0.383. The van der Waals surface area contributed by atoms with Gasteiger partial charge >= 0.3 is 5.69 Å². The minimum atomic E-state index is -0.447. The minimum absolute atomic E-state index is 0.132. The third-order valence-electron chi connectivity index (χ3n) is 5.02. The fraction of sp³-hybridized carbons (Fsp3) is 0.421. The van der Waals surface area contributed by atoms with Gasteiger partial charge in [-0.2, -0.15) is 0 Å². The molecule has 1 aliphatic rings. The first-order valence-corrected chi connectivity index (χ1v) is 10.4. The van der Waals surface area contributed by atoms with Crippen LogP contribution in [0, 0.1) is 10.1 Å². The Morgan fingerprint density at radius 2 is 1.93 bits per heavy atom. The molecule has 2 N–H and O–H groups in total. The van der Waals surface area contributed by atoms with Crippen molar-refractivity contribution in [3.05, 3.63) is 34.6 Å². The highest BCUT2D eigenvalue weighted by molar-refractivity contribution is 7.22. The lowest BCUT2D eigenvalue weighted by Gasteiger charge is -2.17. The van der Waals surface area contributed by atoms with Gasteiger partial charge in [-0.05, 0) is 31.0 Å². The SMILES string of the molecule is COc1ccc2nc(Nc3ncnc(NC4CCCCCC4)c3[N+](=O)[O-])sc2c1. The average Bonchev–Trinajstić information content (AvgIpc) is 2.92. The van der Waals surface area contributed by atoms with E-state index < -0.39 is 4.92 Å². The minimum Gasteiger partial charge on any atom is -0.497 e. The van der Waals surface area contributed by atoms with Gasteiger partial charge in [0.05, 0.1) is 22.2 Å². The molecule has 1 saturated carbocycles. The Labute approximate surface area is 171 Å². The fourth-order valence-corrected chi connectivity index (χ4v) is 4.45. The molecule has 10 heteroatoms. The van der Waals surface area contributed by atoms with Gasteiger partial charge in [-0.15, -0.1) is 0 Å². The zero-order valence-electron chi connectivity index (χ0n) is 16.1. The van der Waals surface area contributed by atoms with E-state index in [0.717, 1.165) is 41.6 Å². The van der Waals surface area contributed by atoms with Gasteiger partial charge in [0.2, 0.25) is 11.6 Å². The van der Waals surface area contributed by atoms with Crippen LogP contribution in [-0.4, -0.2) is 33.0 Å². The van der Waals surface area contributed by atoms with Gasteiger partial charge in [0, 0.05) is 6.04 Å². The van der Waals surface area contributed by atoms with Gasteiger partial charge in [0.15, 0.2) is 5.13 Å². The maximum atomic E-state index is 11.8. The van der Waals surface area contributed by atoms with Crippen molar-refractivity contribution >= 4 is 44.0 Å². The first-order valence-electron chi connectivity index (χ1n) is 9.61. The standard InChI is InChI=1S/C19H22N6O3S/c1-28-13-8-9-14-15(10-13)29-19(23-14)24-18-16(25(26)27)17(20-11-21-18)22-12-6-4-2-3-5-7-12/h8-12H,2-7H2,1H3,(H2,20,21,22,23,24). The molecule has 152 valence electrons. The summed E-state index contributed by atoms with van der Waals surface area (Å²) in [5, 5.41) is 18.6. The van der Waals surface area contributed by atoms with Crippen LogP contribution in [0.4, 0.5) is 22.5 Å². The second kappa shape index (κ2) is 8.56. The molecule has 0 amide bonds. The Hall–Kier alpha value is -3.01. The highest BCUT2D eigenvalue weighted by atomic mass is 32.1. The van der Waals surface area contributed by atoms with E-state index in [2.05, 4.69) is 25.6 Å². The van der Waals surface area contributed by atoms with Crippen LogP contribution in [0.15, 0.2) is 24.5 Å². The smallest absolute Gasteiger partial charge is 0.353 e. The van der Waals surface area contributed by atoms with Crippen molar-refractivity contribution in [1.82, 2.24) is 15.0 Å². The first-order chi connectivity index (χ1) is 14.1. The molecule has 0 unspecified atom stereocenters. The number of anilines is 3. The summed E-state index contributed by atoms with van der Waals surface area (Å²) in [4.78, 5) is 24.1. The van der Waals surface area contributed by atoms with E-state index >= 15 is 0 Å². The van der Waals surface area contributed by atoms with Gasteiger partial charge in [-0.1, -0.05) is 37.0 Å². The molecule has 0 radical (unpaired) electrons. The van der Waals surface area contributed by atoms with Crippen molar-refractivity contribution in [2.75, 3.05) is 17.7 Å². The number of benzene rings is 1. The third kappa shape index (κ3) is 4.37. The van der Waals surface area contributed by atoms with Crippen LogP contribution in [0.1, 0.15) is 38.5 Å². The van der Waals surface area contributed by atoms with E-state index in [4.69, 9.17) is 4.74 Å². The summed E-state index contributed by atoms with van der Waals surface area (Å²) in [6.07, 6.45) is 7.98. The summed E-state index contributed by atoms with van der Waals surface area (Å²) >= 11 is 1.38. The van der Waals surface area contributed by atoms with E-state index in [1.165, 1.54) is 30.5 Å². The number of hydrogen-bond donors (Lipinski definition) is 2. The number of nitrogens with one attached hydrogen (secondary N) is 2. The number of hydrogen-bond acceptors (Lipinski definition) is 9. The molecule has 0 saturated heterocycles. The van der Waals surface area contributed by atoms with E-state index in [9.17, 15) is 10.1 Å². The van der Waals surface area contributed by atoms with E-state index in [0.29, 0.717) is 5.13 Å². The van der Waals surface area contributed by atoms with Crippen LogP contribution in [0.2, 0.25) is 0 Å². The molecule has 9 nitrogen and oxygen atoms in total. The quantitative estimate of drug-likeness (QED) is 0.333. The number of rotatable bonds is 6. The maximum Gasteiger partial charge on any atom is 0.353 e. The van der Waals surface area contributed by atoms with Crippen molar-refractivity contribution in [3.63, 3.8) is 0 Å². The second-order valence-electron chi connectivity index (χ2n) is 6.99. The number of thiazole rings is 1. The van der Waals surface area contributed by atoms with Gasteiger partial charge in [0.1, 0.15) is 12.1 Å². The number of fused-ring (bicyclic) bond motifs is 1. The number of nitrogens with zero attached hydrogens (tertiary/aromatic N) is 4. The molecule has 29 heavy (non-hydrogen) atoms. The summed E-state index contributed by atoms with van der Waals surface area (Å²) in [5.74, 6) is 1.12. The molecule has 4 rings (SSSR count). The summed E-state index contributed by atoms with van der Waals surface area (Å²) in [6, 6.07) is 5.75. The van der Waals surface area contributed by atoms with Crippen LogP contribution in [0.3, 0.4) is 0 Å². The van der Waals surface area contributed by atoms with E-state index in [1.807, 2.05) is 18.2 Å². The Bertz CT molecular complexity index is 1020. The lowest BCUT2D eigenvalue weighted by atomic mass is 10.1. The maximum absolute atomic E-state index is 11.8. The van der Waals surface area contributed by atoms with E-state index in [-0.39, 0.29) is 23.4 Å². The average molecular weight is 414 g/mol. The number of ether oxygens (including phenoxy) is 1. The summed E-state index contributed by atoms with van der Waals surface area (Å²) < 4.78 is 6.15. The Morgan fingerprint density at radius 1 is 1.17 bits per heavy atom. The Balaban J connectivity index is 1.62. The summed E-state index contributed by atoms with van der Waals surface area (Å²) in [7, 11) is 1.61. The zero-order chi connectivity index (χ0) is 20.2. The molecule has 0 atom stereocenters. The largest absolute Gasteiger partial charge is 0.497 e. The molecule has 0 spiro atoms. The molecular weight excluding hydrogens is 392 g/mol. The first kappa shape index (κ1) is 19.3. The molecule has 2 aromatic heterocycles. The van der Waals surface area contributed by atoms with Crippen LogP contribution >= 0.6 is 11.3 Å². The summed E-state index contributed by atoms with van der Waals surface area (Å²) in [6.45, 7) is 0. The lowest BCUT2D eigenvalue weighted by Crippen LogP contribution is -2.20. The van der Waals surface area contributed by atoms with E-state index in [1.54, 1.807) is 7.11 Å². The molecule has 0 aliphatic heterocycles. The summed E-state index contributed by atoms with van der Waals surface area (Å²) in [5.41, 5.74) is 0.625. The predicted octanol–water partition coefficient (Wildman–Crippen LogP) is 4.88. The number of nitro groups is 1. The van der Waals surface area contributed by atoms with Crippen molar-refractivity contribution in [2.24, 2.45) is 0 Å². The number of methoxy groups -OCH3 is 1. The van der Waals surface area contributed by atoms with Crippen LogP contribution < -0.4 is 15.4 Å². The fourth-order valence-electron chi connectivity index (χ4n) is 3.55. The van der Waals surface area contributed by atoms with Gasteiger partial charge in [-0.25, -0.2) is 15.0 Å². The Kier molecular flexibility index (Phi) is 5.70. The van der Waals surface area contributed by atoms with Crippen LogP contribution in [0.5, 0.6) is 5.75 Å². The molecule has 1 fully saturated rings. The van der Waals surface area contributed by atoms with Gasteiger partial charge in [0.25, 0.3) is 0 Å². The molecule has 1 aromatic carbocycles. The molecular formula is C19H22N6O3S.